The number of dihydropyridines is 1. The first-order valence-electron chi connectivity index (χ1n) is 9.57. The Balaban J connectivity index is 1.72. The van der Waals surface area contributed by atoms with E-state index in [0.29, 0.717) is 17.3 Å². The fourth-order valence-electron chi connectivity index (χ4n) is 4.51. The average Bonchev–Trinajstić information content (AvgIpc) is 3.56. The van der Waals surface area contributed by atoms with Gasteiger partial charge >= 0.3 is 0 Å². The predicted molar refractivity (Wildman–Crippen MR) is 110 cm³/mol. The summed E-state index contributed by atoms with van der Waals surface area (Å²) < 4.78 is 13.9. The summed E-state index contributed by atoms with van der Waals surface area (Å²) >= 11 is 0. The average molecular weight is 372 g/mol. The summed E-state index contributed by atoms with van der Waals surface area (Å²) in [6.07, 6.45) is 9.93. The van der Waals surface area contributed by atoms with Crippen LogP contribution < -0.4 is 5.73 Å². The first kappa shape index (κ1) is 17.0. The number of anilines is 1. The number of hydrogen-bond acceptors (Lipinski definition) is 4. The number of benzene rings is 2. The highest BCUT2D eigenvalue weighted by molar-refractivity contribution is 5.88. The molecule has 140 valence electrons. The van der Waals surface area contributed by atoms with E-state index in [9.17, 15) is 4.39 Å². The van der Waals surface area contributed by atoms with E-state index < -0.39 is 0 Å². The van der Waals surface area contributed by atoms with Crippen molar-refractivity contribution in [2.24, 2.45) is 10.9 Å². The minimum atomic E-state index is -0.282. The molecule has 2 unspecified atom stereocenters. The maximum atomic E-state index is 13.9. The zero-order valence-electron chi connectivity index (χ0n) is 15.6. The fourth-order valence-corrected chi connectivity index (χ4v) is 4.51. The van der Waals surface area contributed by atoms with Gasteiger partial charge in [0, 0.05) is 17.0 Å². The molecule has 0 spiro atoms. The van der Waals surface area contributed by atoms with Gasteiger partial charge in [-0.25, -0.2) is 14.4 Å². The summed E-state index contributed by atoms with van der Waals surface area (Å²) in [7, 11) is 0. The molecule has 0 amide bonds. The van der Waals surface area contributed by atoms with Crippen molar-refractivity contribution < 1.29 is 4.39 Å². The first-order chi connectivity index (χ1) is 13.6. The van der Waals surface area contributed by atoms with Crippen molar-refractivity contribution in [3.63, 3.8) is 0 Å². The quantitative estimate of drug-likeness (QED) is 0.725. The fraction of sp³-hybridized carbons (Fsp3) is 0.261. The normalized spacial score (nSPS) is 24.0. The summed E-state index contributed by atoms with van der Waals surface area (Å²) in [4.78, 5) is 13.3. The number of fused-ring (bicyclic) bond motifs is 1. The van der Waals surface area contributed by atoms with Crippen molar-refractivity contribution >= 4 is 22.9 Å². The van der Waals surface area contributed by atoms with Crippen LogP contribution in [0.25, 0.3) is 10.9 Å². The van der Waals surface area contributed by atoms with E-state index in [1.54, 1.807) is 13.0 Å². The molecule has 1 fully saturated rings. The molecule has 3 aromatic rings. The van der Waals surface area contributed by atoms with Crippen molar-refractivity contribution in [2.75, 3.05) is 5.73 Å². The Morgan fingerprint density at radius 1 is 1.11 bits per heavy atom. The molecule has 1 aromatic heterocycles. The number of aliphatic imine (C=N–C) groups is 1. The Kier molecular flexibility index (Phi) is 3.79. The highest BCUT2D eigenvalue weighted by Crippen LogP contribution is 2.57. The number of nitrogens with two attached hydrogens (primary N) is 1. The number of aryl methyl sites for hydroxylation is 1. The summed E-state index contributed by atoms with van der Waals surface area (Å²) in [5, 5.41) is 0.858. The summed E-state index contributed by atoms with van der Waals surface area (Å²) in [6, 6.07) is 11.5. The van der Waals surface area contributed by atoms with Crippen LogP contribution in [0.2, 0.25) is 0 Å². The Hall–Kier alpha value is -3.08. The van der Waals surface area contributed by atoms with E-state index in [0.717, 1.165) is 34.9 Å². The zero-order valence-corrected chi connectivity index (χ0v) is 15.6. The molecule has 1 saturated carbocycles. The second kappa shape index (κ2) is 6.23. The van der Waals surface area contributed by atoms with Crippen molar-refractivity contribution in [1.29, 1.82) is 0 Å². The monoisotopic (exact) mass is 372 g/mol. The smallest absolute Gasteiger partial charge is 0.134 e. The van der Waals surface area contributed by atoms with Crippen LogP contribution in [0.3, 0.4) is 0 Å². The molecule has 2 aromatic carbocycles. The van der Waals surface area contributed by atoms with Gasteiger partial charge in [-0.3, -0.25) is 4.99 Å². The third-order valence-electron chi connectivity index (χ3n) is 6.06. The van der Waals surface area contributed by atoms with Gasteiger partial charge in [-0.15, -0.1) is 0 Å². The Morgan fingerprint density at radius 2 is 1.96 bits per heavy atom. The summed E-state index contributed by atoms with van der Waals surface area (Å²) in [5.41, 5.74) is 9.51. The Labute approximate surface area is 163 Å². The number of hydrogen-bond donors (Lipinski definition) is 1. The summed E-state index contributed by atoms with van der Waals surface area (Å²) in [5.74, 6) is 0.779. The van der Waals surface area contributed by atoms with Crippen molar-refractivity contribution in [2.45, 2.75) is 31.2 Å². The summed E-state index contributed by atoms with van der Waals surface area (Å²) in [6.45, 7) is 1.80. The van der Waals surface area contributed by atoms with Gasteiger partial charge in [0.05, 0.1) is 11.6 Å². The van der Waals surface area contributed by atoms with Crippen LogP contribution in [0, 0.1) is 18.7 Å². The molecule has 0 bridgehead atoms. The first-order valence-corrected chi connectivity index (χ1v) is 9.57. The van der Waals surface area contributed by atoms with E-state index in [1.165, 1.54) is 6.33 Å². The minimum absolute atomic E-state index is 0.104. The number of allylic oxidation sites excluding steroid dienone is 1. The van der Waals surface area contributed by atoms with Gasteiger partial charge < -0.3 is 5.73 Å². The van der Waals surface area contributed by atoms with Crippen molar-refractivity contribution in [3.8, 4) is 0 Å². The number of aromatic nitrogens is 2. The lowest BCUT2D eigenvalue weighted by atomic mass is 9.67. The number of rotatable bonds is 3. The van der Waals surface area contributed by atoms with Gasteiger partial charge in [0.1, 0.15) is 18.0 Å². The molecule has 1 aliphatic carbocycles. The van der Waals surface area contributed by atoms with Crippen LogP contribution in [0.4, 0.5) is 10.2 Å². The maximum Gasteiger partial charge on any atom is 0.134 e. The highest BCUT2D eigenvalue weighted by Gasteiger charge is 2.51. The molecule has 2 N–H and O–H groups in total. The van der Waals surface area contributed by atoms with Crippen LogP contribution in [-0.2, 0) is 5.41 Å². The molecule has 2 atom stereocenters. The largest absolute Gasteiger partial charge is 0.383 e. The van der Waals surface area contributed by atoms with Crippen molar-refractivity contribution in [3.05, 3.63) is 77.4 Å². The second-order valence-electron chi connectivity index (χ2n) is 7.77. The van der Waals surface area contributed by atoms with Crippen molar-refractivity contribution in [1.82, 2.24) is 9.97 Å². The minimum Gasteiger partial charge on any atom is -0.383 e. The van der Waals surface area contributed by atoms with E-state index in [4.69, 9.17) is 10.7 Å². The lowest BCUT2D eigenvalue weighted by molar-refractivity contribution is 0.379. The Bertz CT molecular complexity index is 1130. The highest BCUT2D eigenvalue weighted by atomic mass is 19.1. The van der Waals surface area contributed by atoms with Crippen LogP contribution >= 0.6 is 0 Å². The van der Waals surface area contributed by atoms with E-state index in [1.807, 2.05) is 30.5 Å². The van der Waals surface area contributed by atoms with E-state index >= 15 is 0 Å². The number of halogens is 1. The molecule has 5 rings (SSSR count). The lowest BCUT2D eigenvalue weighted by Crippen LogP contribution is -2.35. The van der Waals surface area contributed by atoms with Gasteiger partial charge in [-0.1, -0.05) is 24.3 Å². The molecular weight excluding hydrogens is 351 g/mol. The molecule has 2 heterocycles. The standard InChI is InChI=1S/C23H21FN4/c1-14-11-15(3-7-19(14)24)21-23(16-4-5-16,9-2-10-26-21)17-6-8-20-18(12-17)22(25)28-13-27-20/h2-3,6-13,16,21H,4-5H2,1H3,(H2,25,27,28). The van der Waals surface area contributed by atoms with Gasteiger partial charge in [0.2, 0.25) is 0 Å². The van der Waals surface area contributed by atoms with Gasteiger partial charge in [0.15, 0.2) is 0 Å². The van der Waals surface area contributed by atoms with Gasteiger partial charge in [0.25, 0.3) is 0 Å². The molecule has 1 aliphatic heterocycles. The van der Waals surface area contributed by atoms with Crippen LogP contribution in [-0.4, -0.2) is 16.2 Å². The molecular formula is C23H21FN4. The van der Waals surface area contributed by atoms with Gasteiger partial charge in [-0.2, -0.15) is 0 Å². The molecule has 2 aliphatic rings. The molecule has 0 saturated heterocycles. The SMILES string of the molecule is Cc1cc(C2N=CC=CC2(c2ccc3ncnc(N)c3c2)C2CC2)ccc1F. The zero-order chi connectivity index (χ0) is 19.3. The van der Waals surface area contributed by atoms with Crippen LogP contribution in [0.1, 0.15) is 35.6 Å². The third kappa shape index (κ3) is 2.53. The molecule has 5 heteroatoms. The third-order valence-corrected chi connectivity index (χ3v) is 6.06. The number of nitrogen functional groups attached to an aromatic ring is 1. The van der Waals surface area contributed by atoms with Crippen LogP contribution in [0.15, 0.2) is 59.9 Å². The van der Waals surface area contributed by atoms with Crippen LogP contribution in [0.5, 0.6) is 0 Å². The lowest BCUT2D eigenvalue weighted by Gasteiger charge is -2.39. The number of nitrogens with zero attached hydrogens (tertiary/aromatic N) is 3. The van der Waals surface area contributed by atoms with Gasteiger partial charge in [-0.05, 0) is 66.6 Å². The topological polar surface area (TPSA) is 64.2 Å². The molecule has 0 radical (unpaired) electrons. The second-order valence-corrected chi connectivity index (χ2v) is 7.77. The van der Waals surface area contributed by atoms with E-state index in [-0.39, 0.29) is 17.3 Å². The Morgan fingerprint density at radius 3 is 2.75 bits per heavy atom. The molecule has 28 heavy (non-hydrogen) atoms. The predicted octanol–water partition coefficient (Wildman–Crippen LogP) is 4.69. The van der Waals surface area contributed by atoms with E-state index in [2.05, 4.69) is 28.2 Å². The maximum absolute atomic E-state index is 13.9. The molecule has 4 nitrogen and oxygen atoms in total.